The minimum Gasteiger partial charge on any atom is -0.497 e. The molecule has 2 aliphatic rings. The molecule has 372 valence electrons. The number of tetrazole rings is 1. The third-order valence-electron chi connectivity index (χ3n) is 11.7. The molecule has 1 unspecified atom stereocenters. The van der Waals surface area contributed by atoms with Crippen LogP contribution in [0.1, 0.15) is 61.7 Å². The lowest BCUT2D eigenvalue weighted by Crippen LogP contribution is -2.69. The van der Waals surface area contributed by atoms with E-state index in [2.05, 4.69) is 15.6 Å². The van der Waals surface area contributed by atoms with E-state index in [4.69, 9.17) is 33.9 Å². The van der Waals surface area contributed by atoms with E-state index in [1.165, 1.54) is 37.1 Å². The van der Waals surface area contributed by atoms with E-state index in [9.17, 15) is 18.0 Å². The van der Waals surface area contributed by atoms with Gasteiger partial charge >= 0.3 is 12.2 Å². The Bertz CT molecular complexity index is 2900. The van der Waals surface area contributed by atoms with E-state index in [0.717, 1.165) is 10.4 Å². The SMILES string of the molecule is COc1ccc(CN(Cc2ccc(OC)cc2)S(=O)(=O)C2=C(S(N)(=O)=O)C=C[C@](I)(C3CCCN3C(=O)OC(C)(C)C)[C@@]2(NC(=O)OCc2ccccc2)c2nnn(Cc3ccc(OC)cc3)n2)cc1. The van der Waals surface area contributed by atoms with Crippen LogP contribution in [0.25, 0.3) is 0 Å². The fraction of sp³-hybridized carbons (Fsp3) is 0.354. The number of primary sulfonamides is 1. The van der Waals surface area contributed by atoms with Crippen molar-refractivity contribution in [3.05, 3.63) is 153 Å². The third-order valence-corrected chi connectivity index (χ3v) is 16.6. The van der Waals surface area contributed by atoms with Crippen molar-refractivity contribution in [3.63, 3.8) is 0 Å². The molecule has 0 radical (unpaired) electrons. The van der Waals surface area contributed by atoms with Crippen molar-refractivity contribution in [3.8, 4) is 17.2 Å². The lowest BCUT2D eigenvalue weighted by atomic mass is 9.74. The van der Waals surface area contributed by atoms with Crippen LogP contribution in [-0.2, 0) is 61.3 Å². The molecular formula is C48H55IN8O11S2. The lowest BCUT2D eigenvalue weighted by molar-refractivity contribution is 0.0186. The van der Waals surface area contributed by atoms with Crippen LogP contribution in [0, 0.1) is 0 Å². The molecule has 1 aliphatic heterocycles. The second-order valence-electron chi connectivity index (χ2n) is 17.6. The highest BCUT2D eigenvalue weighted by Gasteiger charge is 2.68. The van der Waals surface area contributed by atoms with Crippen LogP contribution >= 0.6 is 22.6 Å². The summed E-state index contributed by atoms with van der Waals surface area (Å²) in [5.41, 5.74) is -1.40. The quantitative estimate of drug-likeness (QED) is 0.0743. The molecule has 22 heteroatoms. The van der Waals surface area contributed by atoms with Gasteiger partial charge < -0.3 is 33.9 Å². The van der Waals surface area contributed by atoms with Crippen molar-refractivity contribution in [1.82, 2.24) is 34.7 Å². The van der Waals surface area contributed by atoms with Gasteiger partial charge in [-0.05, 0) is 104 Å². The van der Waals surface area contributed by atoms with Gasteiger partial charge in [-0.25, -0.2) is 31.6 Å². The van der Waals surface area contributed by atoms with E-state index in [1.807, 2.05) is 22.6 Å². The normalized spacial score (nSPS) is 19.5. The summed E-state index contributed by atoms with van der Waals surface area (Å²) in [7, 11) is -5.79. The molecule has 19 nitrogen and oxygen atoms in total. The first-order valence-electron chi connectivity index (χ1n) is 22.0. The topological polar surface area (TPSA) is 237 Å². The van der Waals surface area contributed by atoms with Crippen molar-refractivity contribution in [2.45, 2.75) is 80.5 Å². The number of ether oxygens (including phenoxy) is 5. The van der Waals surface area contributed by atoms with Crippen LogP contribution in [0.15, 0.2) is 125 Å². The number of aromatic nitrogens is 4. The second-order valence-corrected chi connectivity index (χ2v) is 22.8. The first-order valence-corrected chi connectivity index (χ1v) is 26.1. The average Bonchev–Trinajstić information content (AvgIpc) is 4.03. The zero-order valence-electron chi connectivity index (χ0n) is 39.4. The number of nitrogens with two attached hydrogens (primary N) is 1. The van der Waals surface area contributed by atoms with Gasteiger partial charge in [0.25, 0.3) is 0 Å². The van der Waals surface area contributed by atoms with Gasteiger partial charge in [0.05, 0.1) is 37.3 Å². The van der Waals surface area contributed by atoms with E-state index < -0.39 is 68.5 Å². The number of likely N-dealkylation sites (tertiary alicyclic amines) is 1. The third kappa shape index (κ3) is 11.3. The van der Waals surface area contributed by atoms with Crippen LogP contribution in [-0.4, -0.2) is 101 Å². The zero-order valence-corrected chi connectivity index (χ0v) is 43.2. The number of alkyl carbamates (subject to hydrolysis) is 1. The summed E-state index contributed by atoms with van der Waals surface area (Å²) >= 11 is 1.97. The molecule has 3 atom stereocenters. The van der Waals surface area contributed by atoms with Gasteiger partial charge in [0, 0.05) is 19.6 Å². The number of hydrogen-bond acceptors (Lipinski definition) is 14. The Morgan fingerprint density at radius 3 is 1.87 bits per heavy atom. The Kier molecular flexibility index (Phi) is 15.6. The monoisotopic (exact) mass is 1110 g/mol. The van der Waals surface area contributed by atoms with Crippen molar-refractivity contribution >= 4 is 54.8 Å². The minimum absolute atomic E-state index is 0.0159. The molecule has 0 saturated carbocycles. The molecule has 0 bridgehead atoms. The minimum atomic E-state index is -5.28. The molecule has 1 fully saturated rings. The second kappa shape index (κ2) is 21.1. The standard InChI is InChI=1S/C48H55IN8O11S2/c1-46(2,3)68-45(59)56-28-10-13-41(56)47(49)27-26-40(69(50,60)61)42(70(62,63)55(29-33-14-20-37(64-4)21-15-33)30-34-16-22-38(65-5)23-17-34)48(47,51-44(58)67-32-36-11-8-7-9-12-36)43-52-54-57(53-43)31-35-18-24-39(66-6)25-19-35/h7-9,11-12,14-27,41H,10,13,28-32H2,1-6H3,(H,51,58)(H2,50,60,61)/t41?,47-,48-/m0/s1. The van der Waals surface area contributed by atoms with Crippen LogP contribution in [0.4, 0.5) is 9.59 Å². The maximum Gasteiger partial charge on any atom is 0.410 e. The average molecular weight is 1110 g/mol. The fourth-order valence-electron chi connectivity index (χ4n) is 8.38. The number of nitrogens with zero attached hydrogens (tertiary/aromatic N) is 6. The van der Waals surface area contributed by atoms with Gasteiger partial charge in [-0.1, -0.05) is 95.4 Å². The Hall–Kier alpha value is -6.08. The molecule has 1 saturated heterocycles. The number of allylic oxidation sites excluding steroid dienone is 1. The largest absolute Gasteiger partial charge is 0.497 e. The number of amides is 2. The van der Waals surface area contributed by atoms with Crippen molar-refractivity contribution < 1.29 is 50.1 Å². The van der Waals surface area contributed by atoms with Gasteiger partial charge in [0.15, 0.2) is 5.54 Å². The number of carbonyl (C=O) groups excluding carboxylic acids is 2. The Morgan fingerprint density at radius 1 is 0.814 bits per heavy atom. The molecule has 70 heavy (non-hydrogen) atoms. The van der Waals surface area contributed by atoms with Gasteiger partial charge in [-0.15, -0.1) is 10.2 Å². The van der Waals surface area contributed by atoms with Crippen LogP contribution in [0.2, 0.25) is 0 Å². The summed E-state index contributed by atoms with van der Waals surface area (Å²) in [6.45, 7) is 4.31. The number of alkyl halides is 1. The number of benzene rings is 4. The number of rotatable bonds is 17. The van der Waals surface area contributed by atoms with Gasteiger partial charge in [0.1, 0.15) is 39.3 Å². The number of carbonyl (C=O) groups is 2. The molecule has 2 heterocycles. The number of halogens is 1. The molecular weight excluding hydrogens is 1060 g/mol. The van der Waals surface area contributed by atoms with Gasteiger partial charge in [-0.2, -0.15) is 9.10 Å². The van der Waals surface area contributed by atoms with Crippen molar-refractivity contribution in [2.75, 3.05) is 27.9 Å². The highest BCUT2D eigenvalue weighted by molar-refractivity contribution is 14.1. The predicted octanol–water partition coefficient (Wildman–Crippen LogP) is 6.54. The highest BCUT2D eigenvalue weighted by atomic mass is 127. The molecule has 1 aromatic heterocycles. The van der Waals surface area contributed by atoms with Crippen molar-refractivity contribution in [1.29, 1.82) is 0 Å². The van der Waals surface area contributed by atoms with E-state index >= 15 is 8.42 Å². The highest BCUT2D eigenvalue weighted by Crippen LogP contribution is 2.56. The maximum atomic E-state index is 16.5. The van der Waals surface area contributed by atoms with Gasteiger partial charge in [0.2, 0.25) is 25.9 Å². The van der Waals surface area contributed by atoms with Gasteiger partial charge in [-0.3, -0.25) is 0 Å². The molecule has 5 aromatic rings. The molecule has 4 aromatic carbocycles. The summed E-state index contributed by atoms with van der Waals surface area (Å²) in [6.07, 6.45) is 1.21. The predicted molar refractivity (Wildman–Crippen MR) is 267 cm³/mol. The number of methoxy groups -OCH3 is 3. The Morgan fingerprint density at radius 2 is 1.36 bits per heavy atom. The summed E-state index contributed by atoms with van der Waals surface area (Å²) in [5, 5.41) is 22.6. The van der Waals surface area contributed by atoms with Crippen molar-refractivity contribution in [2.24, 2.45) is 5.14 Å². The summed E-state index contributed by atoms with van der Waals surface area (Å²) in [6, 6.07) is 28.0. The van der Waals surface area contributed by atoms with Crippen LogP contribution < -0.4 is 24.7 Å². The van der Waals surface area contributed by atoms with Crippen LogP contribution in [0.3, 0.4) is 0 Å². The Balaban J connectivity index is 1.52. The summed E-state index contributed by atoms with van der Waals surface area (Å²) in [5.74, 6) is 1.15. The number of sulfonamides is 2. The summed E-state index contributed by atoms with van der Waals surface area (Å²) < 4.78 is 88.5. The van der Waals surface area contributed by atoms with E-state index in [1.54, 1.807) is 124 Å². The molecule has 3 N–H and O–H groups in total. The van der Waals surface area contributed by atoms with E-state index in [-0.39, 0.29) is 39.2 Å². The molecule has 0 spiro atoms. The molecule has 2 amide bonds. The lowest BCUT2D eigenvalue weighted by Gasteiger charge is -2.51. The number of nitrogens with one attached hydrogen (secondary N) is 1. The fourth-order valence-corrected chi connectivity index (χ4v) is 13.3. The van der Waals surface area contributed by atoms with E-state index in [0.29, 0.717) is 45.9 Å². The molecule has 7 rings (SSSR count). The Labute approximate surface area is 421 Å². The molecule has 1 aliphatic carbocycles. The number of hydrogen-bond donors (Lipinski definition) is 2. The smallest absolute Gasteiger partial charge is 0.410 e. The zero-order chi connectivity index (χ0) is 50.5. The first kappa shape index (κ1) is 51.8. The maximum absolute atomic E-state index is 16.5. The summed E-state index contributed by atoms with van der Waals surface area (Å²) in [4.78, 5) is 29.9. The van der Waals surface area contributed by atoms with Crippen LogP contribution in [0.5, 0.6) is 17.2 Å². The first-order chi connectivity index (χ1) is 33.2.